The lowest BCUT2D eigenvalue weighted by Gasteiger charge is -2.25. The van der Waals surface area contributed by atoms with Crippen LogP contribution in [-0.4, -0.2) is 50.2 Å². The van der Waals surface area contributed by atoms with Crippen LogP contribution >= 0.6 is 0 Å². The van der Waals surface area contributed by atoms with Gasteiger partial charge in [0.2, 0.25) is 10.0 Å². The molecule has 2 N–H and O–H groups in total. The van der Waals surface area contributed by atoms with E-state index in [1.54, 1.807) is 42.8 Å². The van der Waals surface area contributed by atoms with Crippen LogP contribution in [0.15, 0.2) is 41.3 Å². The van der Waals surface area contributed by atoms with Crippen molar-refractivity contribution in [2.24, 2.45) is 0 Å². The number of benzene rings is 2. The maximum Gasteiger partial charge on any atom is 0.243 e. The molecule has 0 saturated carbocycles. The van der Waals surface area contributed by atoms with Gasteiger partial charge in [0, 0.05) is 36.3 Å². The molecular formula is C23H26N4O4S. The zero-order valence-corrected chi connectivity index (χ0v) is 19.0. The summed E-state index contributed by atoms with van der Waals surface area (Å²) >= 11 is 0. The van der Waals surface area contributed by atoms with Crippen LogP contribution in [0.5, 0.6) is 11.5 Å². The van der Waals surface area contributed by atoms with E-state index >= 15 is 0 Å². The van der Waals surface area contributed by atoms with E-state index in [4.69, 9.17) is 9.47 Å². The number of rotatable bonds is 6. The molecule has 0 radical (unpaired) electrons. The van der Waals surface area contributed by atoms with Crippen LogP contribution < -0.4 is 14.8 Å². The summed E-state index contributed by atoms with van der Waals surface area (Å²) < 4.78 is 38.2. The van der Waals surface area contributed by atoms with Crippen LogP contribution in [0, 0.1) is 0 Å². The Morgan fingerprint density at radius 3 is 2.38 bits per heavy atom. The second kappa shape index (κ2) is 8.14. The predicted octanol–water partition coefficient (Wildman–Crippen LogP) is 3.92. The van der Waals surface area contributed by atoms with Crippen LogP contribution in [-0.2, 0) is 16.4 Å². The van der Waals surface area contributed by atoms with E-state index < -0.39 is 10.0 Å². The van der Waals surface area contributed by atoms with E-state index in [1.807, 2.05) is 12.1 Å². The van der Waals surface area contributed by atoms with Gasteiger partial charge in [-0.2, -0.15) is 9.40 Å². The average molecular weight is 455 g/mol. The summed E-state index contributed by atoms with van der Waals surface area (Å²) in [5.41, 5.74) is 4.97. The molecule has 0 amide bonds. The van der Waals surface area contributed by atoms with Crippen molar-refractivity contribution in [3.63, 3.8) is 0 Å². The molecule has 2 aliphatic rings. The predicted molar refractivity (Wildman–Crippen MR) is 122 cm³/mol. The lowest BCUT2D eigenvalue weighted by atomic mass is 10.1. The maximum absolute atomic E-state index is 12.9. The first-order valence-electron chi connectivity index (χ1n) is 10.7. The smallest absolute Gasteiger partial charge is 0.243 e. The van der Waals surface area contributed by atoms with Gasteiger partial charge in [-0.05, 0) is 54.8 Å². The van der Waals surface area contributed by atoms with Crippen molar-refractivity contribution < 1.29 is 17.9 Å². The molecule has 1 saturated heterocycles. The zero-order valence-electron chi connectivity index (χ0n) is 18.1. The number of anilines is 2. The van der Waals surface area contributed by atoms with Crippen LogP contribution in [0.4, 0.5) is 11.5 Å². The molecular weight excluding hydrogens is 428 g/mol. The number of piperidine rings is 1. The number of methoxy groups -OCH3 is 2. The van der Waals surface area contributed by atoms with Crippen LogP contribution in [0.3, 0.4) is 0 Å². The number of nitrogens with one attached hydrogen (secondary N) is 2. The molecule has 0 atom stereocenters. The van der Waals surface area contributed by atoms with E-state index in [-0.39, 0.29) is 0 Å². The van der Waals surface area contributed by atoms with Crippen molar-refractivity contribution in [3.05, 3.63) is 47.5 Å². The van der Waals surface area contributed by atoms with E-state index in [2.05, 4.69) is 15.5 Å². The summed E-state index contributed by atoms with van der Waals surface area (Å²) in [4.78, 5) is 0.323. The Morgan fingerprint density at radius 2 is 1.69 bits per heavy atom. The Morgan fingerprint density at radius 1 is 1.00 bits per heavy atom. The van der Waals surface area contributed by atoms with Gasteiger partial charge in [-0.25, -0.2) is 8.42 Å². The third kappa shape index (κ3) is 3.51. The number of sulfonamides is 1. The molecule has 0 bridgehead atoms. The summed E-state index contributed by atoms with van der Waals surface area (Å²) in [5.74, 6) is 2.10. The zero-order chi connectivity index (χ0) is 22.3. The number of H-pyrrole nitrogens is 1. The Balaban J connectivity index is 1.37. The average Bonchev–Trinajstić information content (AvgIpc) is 3.38. The lowest BCUT2D eigenvalue weighted by molar-refractivity contribution is 0.346. The van der Waals surface area contributed by atoms with Gasteiger partial charge < -0.3 is 14.8 Å². The fourth-order valence-corrected chi connectivity index (χ4v) is 5.97. The third-order valence-electron chi connectivity index (χ3n) is 6.18. The summed E-state index contributed by atoms with van der Waals surface area (Å²) in [6.07, 6.45) is 3.64. The fraction of sp³-hybridized carbons (Fsp3) is 0.348. The highest BCUT2D eigenvalue weighted by molar-refractivity contribution is 7.89. The molecule has 168 valence electrons. The fourth-order valence-electron chi connectivity index (χ4n) is 4.46. The van der Waals surface area contributed by atoms with Gasteiger partial charge in [0.25, 0.3) is 0 Å². The highest BCUT2D eigenvalue weighted by Crippen LogP contribution is 2.44. The molecule has 2 aromatic carbocycles. The number of aromatic amines is 1. The number of aromatic nitrogens is 2. The molecule has 0 spiro atoms. The minimum absolute atomic E-state index is 0.323. The van der Waals surface area contributed by atoms with Gasteiger partial charge in [0.15, 0.2) is 17.3 Å². The normalized spacial score (nSPS) is 15.8. The van der Waals surface area contributed by atoms with Gasteiger partial charge >= 0.3 is 0 Å². The molecule has 1 aromatic heterocycles. The number of ether oxygens (including phenoxy) is 2. The summed E-state index contributed by atoms with van der Waals surface area (Å²) in [7, 11) is -0.193. The monoisotopic (exact) mass is 454 g/mol. The molecule has 0 unspecified atom stereocenters. The molecule has 32 heavy (non-hydrogen) atoms. The van der Waals surface area contributed by atoms with Gasteiger partial charge in [0.1, 0.15) is 0 Å². The van der Waals surface area contributed by atoms with Crippen molar-refractivity contribution in [1.29, 1.82) is 0 Å². The Bertz CT molecular complexity index is 1250. The molecule has 3 aromatic rings. The van der Waals surface area contributed by atoms with Crippen molar-refractivity contribution in [2.75, 3.05) is 32.6 Å². The highest BCUT2D eigenvalue weighted by atomic mass is 32.2. The number of fused-ring (bicyclic) bond motifs is 3. The molecule has 1 aliphatic carbocycles. The number of hydrogen-bond donors (Lipinski definition) is 2. The SMILES string of the molecule is COc1cc2c(cc1OC)-c1[nH]nc(Nc3ccc(S(=O)(=O)N4CCCCC4)cc3)c1C2. The van der Waals surface area contributed by atoms with Crippen molar-refractivity contribution in [2.45, 2.75) is 30.6 Å². The van der Waals surface area contributed by atoms with Gasteiger partial charge in [-0.3, -0.25) is 5.10 Å². The van der Waals surface area contributed by atoms with Gasteiger partial charge in [0.05, 0.1) is 24.8 Å². The topological polar surface area (TPSA) is 96.5 Å². The number of hydrogen-bond acceptors (Lipinski definition) is 6. The van der Waals surface area contributed by atoms with Crippen LogP contribution in [0.25, 0.3) is 11.3 Å². The van der Waals surface area contributed by atoms with Crippen LogP contribution in [0.1, 0.15) is 30.4 Å². The minimum atomic E-state index is -3.44. The highest BCUT2D eigenvalue weighted by Gasteiger charge is 2.28. The standard InChI is InChI=1S/C23H26N4O4S/c1-30-20-13-15-12-19-22(18(15)14-21(20)31-2)25-26-23(19)24-16-6-8-17(9-7-16)32(28,29)27-10-4-3-5-11-27/h6-9,13-14H,3-5,10-12H2,1-2H3,(H2,24,25,26). The molecule has 2 heterocycles. The Hall–Kier alpha value is -3.04. The lowest BCUT2D eigenvalue weighted by Crippen LogP contribution is -2.35. The Labute approximate surface area is 187 Å². The summed E-state index contributed by atoms with van der Waals surface area (Å²) in [5, 5.41) is 10.9. The maximum atomic E-state index is 12.9. The first-order chi connectivity index (χ1) is 15.5. The Kier molecular flexibility index (Phi) is 5.30. The third-order valence-corrected chi connectivity index (χ3v) is 8.10. The van der Waals surface area contributed by atoms with Crippen molar-refractivity contribution in [3.8, 4) is 22.8 Å². The molecule has 1 fully saturated rings. The largest absolute Gasteiger partial charge is 0.493 e. The van der Waals surface area contributed by atoms with Gasteiger partial charge in [-0.1, -0.05) is 6.42 Å². The van der Waals surface area contributed by atoms with Gasteiger partial charge in [-0.15, -0.1) is 0 Å². The molecule has 5 rings (SSSR count). The van der Waals surface area contributed by atoms with E-state index in [0.717, 1.165) is 53.2 Å². The quantitative estimate of drug-likeness (QED) is 0.458. The minimum Gasteiger partial charge on any atom is -0.493 e. The van der Waals surface area contributed by atoms with Crippen molar-refractivity contribution >= 4 is 21.5 Å². The summed E-state index contributed by atoms with van der Waals surface area (Å²) in [6.45, 7) is 1.19. The molecule has 1 aliphatic heterocycles. The van der Waals surface area contributed by atoms with Crippen molar-refractivity contribution in [1.82, 2.24) is 14.5 Å². The van der Waals surface area contributed by atoms with Crippen LogP contribution in [0.2, 0.25) is 0 Å². The molecule has 9 heteroatoms. The number of nitrogens with zero attached hydrogens (tertiary/aromatic N) is 2. The first-order valence-corrected chi connectivity index (χ1v) is 12.1. The van der Waals surface area contributed by atoms with E-state index in [1.165, 1.54) is 0 Å². The molecule has 8 nitrogen and oxygen atoms in total. The first kappa shape index (κ1) is 20.8. The summed E-state index contributed by atoms with van der Waals surface area (Å²) in [6, 6.07) is 10.8. The second-order valence-electron chi connectivity index (χ2n) is 8.08. The van der Waals surface area contributed by atoms with E-state index in [9.17, 15) is 8.42 Å². The second-order valence-corrected chi connectivity index (χ2v) is 10.0. The van der Waals surface area contributed by atoms with E-state index in [0.29, 0.717) is 35.9 Å².